The van der Waals surface area contributed by atoms with E-state index in [1.807, 2.05) is 12.1 Å². The molecule has 1 atom stereocenters. The molecule has 3 aromatic rings. The minimum Gasteiger partial charge on any atom is -0.361 e. The van der Waals surface area contributed by atoms with Gasteiger partial charge in [0.05, 0.1) is 0 Å². The van der Waals surface area contributed by atoms with Gasteiger partial charge in [0, 0.05) is 35.5 Å². The maximum absolute atomic E-state index is 12.6. The van der Waals surface area contributed by atoms with Crippen LogP contribution in [0.25, 0.3) is 10.9 Å². The van der Waals surface area contributed by atoms with E-state index in [1.54, 1.807) is 0 Å². The van der Waals surface area contributed by atoms with Gasteiger partial charge in [-0.2, -0.15) is 0 Å². The van der Waals surface area contributed by atoms with Crippen molar-refractivity contribution in [2.24, 2.45) is 5.92 Å². The number of hydrogen-bond donors (Lipinski definition) is 3. The number of aromatic nitrogens is 1. The molecule has 0 saturated carbocycles. The Bertz CT molecular complexity index is 865. The SMILES string of the molecule is O=C(NC[C@H](c1ccccc1)c1c[nH]c2ccccc12)C1CCNCC1. The number of carbonyl (C=O) groups excluding carboxylic acids is 1. The summed E-state index contributed by atoms with van der Waals surface area (Å²) in [5, 5.41) is 7.76. The molecule has 3 N–H and O–H groups in total. The third kappa shape index (κ3) is 3.51. The van der Waals surface area contributed by atoms with Crippen LogP contribution in [0.3, 0.4) is 0 Å². The lowest BCUT2D eigenvalue weighted by Gasteiger charge is -2.24. The molecule has 0 radical (unpaired) electrons. The lowest BCUT2D eigenvalue weighted by Crippen LogP contribution is -2.39. The van der Waals surface area contributed by atoms with Crippen molar-refractivity contribution >= 4 is 16.8 Å². The fourth-order valence-electron chi connectivity index (χ4n) is 3.91. The first-order valence-electron chi connectivity index (χ1n) is 9.42. The number of para-hydroxylation sites is 1. The Balaban J connectivity index is 1.58. The van der Waals surface area contributed by atoms with Crippen molar-refractivity contribution in [2.45, 2.75) is 18.8 Å². The average Bonchev–Trinajstić information content (AvgIpc) is 3.14. The standard InChI is InChI=1S/C22H25N3O/c26-22(17-10-12-23-13-11-17)25-14-19(16-6-2-1-3-7-16)20-15-24-21-9-5-4-8-18(20)21/h1-9,15,17,19,23-24H,10-14H2,(H,25,26)/t19-/m1/s1. The van der Waals surface area contributed by atoms with Gasteiger partial charge in [-0.3, -0.25) is 4.79 Å². The normalized spacial score (nSPS) is 16.5. The number of rotatable bonds is 5. The van der Waals surface area contributed by atoms with Gasteiger partial charge >= 0.3 is 0 Å². The zero-order valence-corrected chi connectivity index (χ0v) is 14.9. The zero-order valence-electron chi connectivity index (χ0n) is 14.9. The first-order chi connectivity index (χ1) is 12.8. The van der Waals surface area contributed by atoms with E-state index in [4.69, 9.17) is 0 Å². The van der Waals surface area contributed by atoms with E-state index >= 15 is 0 Å². The van der Waals surface area contributed by atoms with Gasteiger partial charge in [0.25, 0.3) is 0 Å². The quantitative estimate of drug-likeness (QED) is 0.662. The smallest absolute Gasteiger partial charge is 0.223 e. The van der Waals surface area contributed by atoms with E-state index in [9.17, 15) is 4.79 Å². The molecule has 1 aliphatic heterocycles. The van der Waals surface area contributed by atoms with Gasteiger partial charge in [-0.15, -0.1) is 0 Å². The molecule has 1 amide bonds. The molecule has 134 valence electrons. The third-order valence-electron chi connectivity index (χ3n) is 5.39. The summed E-state index contributed by atoms with van der Waals surface area (Å²) >= 11 is 0. The van der Waals surface area contributed by atoms with Crippen LogP contribution in [0.1, 0.15) is 29.9 Å². The van der Waals surface area contributed by atoms with Gasteiger partial charge in [0.1, 0.15) is 0 Å². The Morgan fingerprint density at radius 3 is 2.58 bits per heavy atom. The van der Waals surface area contributed by atoms with E-state index < -0.39 is 0 Å². The highest BCUT2D eigenvalue weighted by Gasteiger charge is 2.23. The molecule has 1 fully saturated rings. The van der Waals surface area contributed by atoms with E-state index in [0.717, 1.165) is 31.4 Å². The number of carbonyl (C=O) groups is 1. The van der Waals surface area contributed by atoms with Gasteiger partial charge in [-0.05, 0) is 43.1 Å². The van der Waals surface area contributed by atoms with Crippen LogP contribution in [-0.2, 0) is 4.79 Å². The van der Waals surface area contributed by atoms with Gasteiger partial charge in [0.2, 0.25) is 5.91 Å². The minimum absolute atomic E-state index is 0.135. The number of piperidine rings is 1. The second-order valence-corrected chi connectivity index (χ2v) is 7.02. The molecule has 0 aliphatic carbocycles. The summed E-state index contributed by atoms with van der Waals surface area (Å²) < 4.78 is 0. The number of hydrogen-bond acceptors (Lipinski definition) is 2. The van der Waals surface area contributed by atoms with E-state index in [2.05, 4.69) is 64.3 Å². The second kappa shape index (κ2) is 7.75. The summed E-state index contributed by atoms with van der Waals surface area (Å²) in [6.45, 7) is 2.49. The second-order valence-electron chi connectivity index (χ2n) is 7.02. The van der Waals surface area contributed by atoms with E-state index in [-0.39, 0.29) is 17.7 Å². The predicted molar refractivity (Wildman–Crippen MR) is 105 cm³/mol. The maximum Gasteiger partial charge on any atom is 0.223 e. The van der Waals surface area contributed by atoms with Gasteiger partial charge in [0.15, 0.2) is 0 Å². The molecule has 4 heteroatoms. The van der Waals surface area contributed by atoms with Crippen molar-refractivity contribution in [2.75, 3.05) is 19.6 Å². The molecule has 2 aromatic carbocycles. The molecule has 0 unspecified atom stereocenters. The highest BCUT2D eigenvalue weighted by atomic mass is 16.1. The minimum atomic E-state index is 0.135. The van der Waals surface area contributed by atoms with E-state index in [0.29, 0.717) is 6.54 Å². The van der Waals surface area contributed by atoms with Crippen molar-refractivity contribution in [3.05, 3.63) is 71.9 Å². The predicted octanol–water partition coefficient (Wildman–Crippen LogP) is 3.42. The fraction of sp³-hybridized carbons (Fsp3) is 0.318. The lowest BCUT2D eigenvalue weighted by atomic mass is 9.90. The Morgan fingerprint density at radius 1 is 1.04 bits per heavy atom. The molecule has 1 aromatic heterocycles. The third-order valence-corrected chi connectivity index (χ3v) is 5.39. The Kier molecular flexibility index (Phi) is 5.02. The number of fused-ring (bicyclic) bond motifs is 1. The molecule has 4 nitrogen and oxygen atoms in total. The molecule has 4 rings (SSSR count). The van der Waals surface area contributed by atoms with Crippen molar-refractivity contribution in [3.8, 4) is 0 Å². The van der Waals surface area contributed by atoms with Gasteiger partial charge in [-0.1, -0.05) is 48.5 Å². The lowest BCUT2D eigenvalue weighted by molar-refractivity contribution is -0.125. The van der Waals surface area contributed by atoms with Crippen LogP contribution in [0.5, 0.6) is 0 Å². The van der Waals surface area contributed by atoms with Crippen LogP contribution in [0.15, 0.2) is 60.8 Å². The fourth-order valence-corrected chi connectivity index (χ4v) is 3.91. The molecule has 26 heavy (non-hydrogen) atoms. The number of benzene rings is 2. The number of nitrogens with one attached hydrogen (secondary N) is 3. The summed E-state index contributed by atoms with van der Waals surface area (Å²) in [5.74, 6) is 0.459. The van der Waals surface area contributed by atoms with Crippen molar-refractivity contribution in [1.29, 1.82) is 0 Å². The van der Waals surface area contributed by atoms with Crippen LogP contribution < -0.4 is 10.6 Å². The highest BCUT2D eigenvalue weighted by molar-refractivity contribution is 5.84. The largest absolute Gasteiger partial charge is 0.361 e. The number of aromatic amines is 1. The molecule has 1 aliphatic rings. The molecular formula is C22H25N3O. The van der Waals surface area contributed by atoms with Gasteiger partial charge in [-0.25, -0.2) is 0 Å². The molecular weight excluding hydrogens is 322 g/mol. The summed E-state index contributed by atoms with van der Waals surface area (Å²) in [6, 6.07) is 18.8. The van der Waals surface area contributed by atoms with E-state index in [1.165, 1.54) is 16.5 Å². The van der Waals surface area contributed by atoms with Crippen LogP contribution in [0, 0.1) is 5.92 Å². The zero-order chi connectivity index (χ0) is 17.8. The number of amides is 1. The van der Waals surface area contributed by atoms with Crippen molar-refractivity contribution in [1.82, 2.24) is 15.6 Å². The summed E-state index contributed by atoms with van der Waals surface area (Å²) in [7, 11) is 0. The first-order valence-corrected chi connectivity index (χ1v) is 9.42. The first kappa shape index (κ1) is 16.9. The highest BCUT2D eigenvalue weighted by Crippen LogP contribution is 2.30. The van der Waals surface area contributed by atoms with Crippen LogP contribution in [-0.4, -0.2) is 30.5 Å². The van der Waals surface area contributed by atoms with Gasteiger partial charge < -0.3 is 15.6 Å². The summed E-state index contributed by atoms with van der Waals surface area (Å²) in [4.78, 5) is 16.0. The topological polar surface area (TPSA) is 56.9 Å². The molecule has 2 heterocycles. The maximum atomic E-state index is 12.6. The molecule has 0 spiro atoms. The molecule has 1 saturated heterocycles. The van der Waals surface area contributed by atoms with Crippen molar-refractivity contribution in [3.63, 3.8) is 0 Å². The average molecular weight is 347 g/mol. The van der Waals surface area contributed by atoms with Crippen molar-refractivity contribution < 1.29 is 4.79 Å². The Morgan fingerprint density at radius 2 is 1.77 bits per heavy atom. The summed E-state index contributed by atoms with van der Waals surface area (Å²) in [5.41, 5.74) is 3.59. The Hall–Kier alpha value is -2.59. The number of H-pyrrole nitrogens is 1. The Labute approximate surface area is 154 Å². The summed E-state index contributed by atoms with van der Waals surface area (Å²) in [6.07, 6.45) is 3.93. The van der Waals surface area contributed by atoms with Crippen LogP contribution >= 0.6 is 0 Å². The molecule has 0 bridgehead atoms. The van der Waals surface area contributed by atoms with Crippen LogP contribution in [0.2, 0.25) is 0 Å². The van der Waals surface area contributed by atoms with Crippen LogP contribution in [0.4, 0.5) is 0 Å². The monoisotopic (exact) mass is 347 g/mol.